The Morgan fingerprint density at radius 3 is 2.24 bits per heavy atom. The monoisotopic (exact) mass is 368 g/mol. The Bertz CT molecular complexity index is 693. The Morgan fingerprint density at radius 1 is 1.08 bits per heavy atom. The van der Waals surface area contributed by atoms with Gasteiger partial charge in [-0.1, -0.05) is 0 Å². The van der Waals surface area contributed by atoms with Crippen molar-refractivity contribution < 1.29 is 13.3 Å². The van der Waals surface area contributed by atoms with Crippen LogP contribution in [0.15, 0.2) is 29.2 Å². The van der Waals surface area contributed by atoms with Crippen molar-refractivity contribution in [2.24, 2.45) is 0 Å². The summed E-state index contributed by atoms with van der Waals surface area (Å²) < 4.78 is 27.7. The number of hydrogen-bond acceptors (Lipinski definition) is 6. The average Bonchev–Trinajstić information content (AvgIpc) is 2.63. The fourth-order valence-corrected chi connectivity index (χ4v) is 4.95. The van der Waals surface area contributed by atoms with Gasteiger partial charge in [0.15, 0.2) is 0 Å². The quantitative estimate of drug-likeness (QED) is 0.595. The summed E-state index contributed by atoms with van der Waals surface area (Å²) >= 11 is 0. The molecule has 25 heavy (non-hydrogen) atoms. The topological polar surface area (TPSA) is 105 Å². The average molecular weight is 368 g/mol. The van der Waals surface area contributed by atoms with Crippen LogP contribution in [0.4, 0.5) is 5.69 Å². The second-order valence-corrected chi connectivity index (χ2v) is 8.38. The normalized spacial score (nSPS) is 25.6. The minimum Gasteiger partial charge on any atom is -0.314 e. The van der Waals surface area contributed by atoms with Crippen molar-refractivity contribution in [3.05, 3.63) is 34.4 Å². The molecule has 3 rings (SSSR count). The molecule has 2 N–H and O–H groups in total. The summed E-state index contributed by atoms with van der Waals surface area (Å²) in [6.07, 6.45) is 3.63. The Labute approximate surface area is 147 Å². The van der Waals surface area contributed by atoms with Gasteiger partial charge in [0, 0.05) is 50.4 Å². The molecule has 1 aliphatic carbocycles. The van der Waals surface area contributed by atoms with Crippen LogP contribution in [0.1, 0.15) is 25.7 Å². The highest BCUT2D eigenvalue weighted by Crippen LogP contribution is 2.25. The van der Waals surface area contributed by atoms with E-state index >= 15 is 0 Å². The SMILES string of the molecule is O=[N+]([O-])c1ccc(S(=O)(=O)NC2CCC(N3CCNCC3)CC2)cc1. The van der Waals surface area contributed by atoms with Crippen LogP contribution in [0.25, 0.3) is 0 Å². The van der Waals surface area contributed by atoms with Gasteiger partial charge in [0.2, 0.25) is 10.0 Å². The smallest absolute Gasteiger partial charge is 0.269 e. The third-order valence-electron chi connectivity index (χ3n) is 5.04. The first-order chi connectivity index (χ1) is 12.0. The van der Waals surface area contributed by atoms with E-state index in [1.807, 2.05) is 0 Å². The lowest BCUT2D eigenvalue weighted by Crippen LogP contribution is -2.50. The van der Waals surface area contributed by atoms with Crippen molar-refractivity contribution in [2.75, 3.05) is 26.2 Å². The zero-order valence-corrected chi connectivity index (χ0v) is 14.9. The van der Waals surface area contributed by atoms with E-state index in [0.717, 1.165) is 51.9 Å². The van der Waals surface area contributed by atoms with E-state index in [1.165, 1.54) is 24.3 Å². The third kappa shape index (κ3) is 4.55. The maximum absolute atomic E-state index is 12.5. The van der Waals surface area contributed by atoms with Crippen LogP contribution in [-0.4, -0.2) is 56.5 Å². The molecule has 1 aliphatic heterocycles. The molecular formula is C16H24N4O4S. The molecule has 0 atom stereocenters. The lowest BCUT2D eigenvalue weighted by molar-refractivity contribution is -0.384. The van der Waals surface area contributed by atoms with Crippen LogP contribution in [-0.2, 0) is 10.0 Å². The third-order valence-corrected chi connectivity index (χ3v) is 6.58. The summed E-state index contributed by atoms with van der Waals surface area (Å²) in [4.78, 5) is 12.7. The van der Waals surface area contributed by atoms with E-state index in [4.69, 9.17) is 0 Å². The lowest BCUT2D eigenvalue weighted by Gasteiger charge is -2.39. The van der Waals surface area contributed by atoms with Crippen molar-refractivity contribution >= 4 is 15.7 Å². The van der Waals surface area contributed by atoms with Crippen LogP contribution in [0, 0.1) is 10.1 Å². The van der Waals surface area contributed by atoms with Gasteiger partial charge in [-0.25, -0.2) is 13.1 Å². The van der Waals surface area contributed by atoms with E-state index < -0.39 is 14.9 Å². The fourth-order valence-electron chi connectivity index (χ4n) is 3.64. The maximum Gasteiger partial charge on any atom is 0.269 e. The number of rotatable bonds is 5. The molecule has 8 nitrogen and oxygen atoms in total. The molecular weight excluding hydrogens is 344 g/mol. The van der Waals surface area contributed by atoms with Crippen molar-refractivity contribution in [2.45, 2.75) is 42.7 Å². The summed E-state index contributed by atoms with van der Waals surface area (Å²) in [7, 11) is -3.64. The number of non-ortho nitro benzene ring substituents is 1. The van der Waals surface area contributed by atoms with Gasteiger partial charge in [0.1, 0.15) is 0 Å². The summed E-state index contributed by atoms with van der Waals surface area (Å²) in [5.74, 6) is 0. The van der Waals surface area contributed by atoms with Crippen LogP contribution in [0.5, 0.6) is 0 Å². The number of nitro benzene ring substituents is 1. The Kier molecular flexibility index (Phi) is 5.67. The molecule has 0 unspecified atom stereocenters. The van der Waals surface area contributed by atoms with Crippen molar-refractivity contribution in [1.82, 2.24) is 14.9 Å². The molecule has 0 bridgehead atoms. The largest absolute Gasteiger partial charge is 0.314 e. The molecule has 0 amide bonds. The molecule has 1 aromatic rings. The number of sulfonamides is 1. The first-order valence-electron chi connectivity index (χ1n) is 8.67. The molecule has 138 valence electrons. The molecule has 1 aromatic carbocycles. The number of benzene rings is 1. The maximum atomic E-state index is 12.5. The molecule has 9 heteroatoms. The molecule has 2 fully saturated rings. The number of nitro groups is 1. The highest BCUT2D eigenvalue weighted by atomic mass is 32.2. The Hall–Kier alpha value is -1.55. The van der Waals surface area contributed by atoms with Crippen LogP contribution in [0.2, 0.25) is 0 Å². The molecule has 2 aliphatic rings. The number of piperazine rings is 1. The first kappa shape index (κ1) is 18.2. The second-order valence-electron chi connectivity index (χ2n) is 6.66. The van der Waals surface area contributed by atoms with Crippen molar-refractivity contribution in [3.63, 3.8) is 0 Å². The molecule has 1 saturated carbocycles. The molecule has 0 aromatic heterocycles. The second kappa shape index (κ2) is 7.77. The molecule has 0 radical (unpaired) electrons. The van der Waals surface area contributed by atoms with Gasteiger partial charge < -0.3 is 5.32 Å². The van der Waals surface area contributed by atoms with E-state index in [9.17, 15) is 18.5 Å². The van der Waals surface area contributed by atoms with Crippen LogP contribution in [0.3, 0.4) is 0 Å². The van der Waals surface area contributed by atoms with Gasteiger partial charge in [-0.15, -0.1) is 0 Å². The van der Waals surface area contributed by atoms with Gasteiger partial charge in [-0.05, 0) is 37.8 Å². The molecule has 0 spiro atoms. The van der Waals surface area contributed by atoms with E-state index in [0.29, 0.717) is 6.04 Å². The number of nitrogens with one attached hydrogen (secondary N) is 2. The predicted octanol–water partition coefficient (Wildman–Crippen LogP) is 1.09. The van der Waals surface area contributed by atoms with Crippen LogP contribution < -0.4 is 10.0 Å². The zero-order chi connectivity index (χ0) is 17.9. The first-order valence-corrected chi connectivity index (χ1v) is 10.2. The van der Waals surface area contributed by atoms with E-state index in [2.05, 4.69) is 14.9 Å². The van der Waals surface area contributed by atoms with Gasteiger partial charge in [-0.2, -0.15) is 0 Å². The summed E-state index contributed by atoms with van der Waals surface area (Å²) in [5.41, 5.74) is -0.115. The molecule has 1 saturated heterocycles. The summed E-state index contributed by atoms with van der Waals surface area (Å²) in [6.45, 7) is 4.16. The fraction of sp³-hybridized carbons (Fsp3) is 0.625. The minimum absolute atomic E-state index is 0.0700. The lowest BCUT2D eigenvalue weighted by atomic mass is 9.90. The standard InChI is InChI=1S/C16H24N4O4S/c21-20(22)15-5-7-16(8-6-15)25(23,24)18-13-1-3-14(4-2-13)19-11-9-17-10-12-19/h5-8,13-14,17-18H,1-4,9-12H2. The summed E-state index contributed by atoms with van der Waals surface area (Å²) in [5, 5.41) is 14.0. The highest BCUT2D eigenvalue weighted by Gasteiger charge is 2.29. The zero-order valence-electron chi connectivity index (χ0n) is 14.1. The number of hydrogen-bond donors (Lipinski definition) is 2. The van der Waals surface area contributed by atoms with Crippen LogP contribution >= 0.6 is 0 Å². The highest BCUT2D eigenvalue weighted by molar-refractivity contribution is 7.89. The van der Waals surface area contributed by atoms with Crippen molar-refractivity contribution in [3.8, 4) is 0 Å². The predicted molar refractivity (Wildman–Crippen MR) is 93.9 cm³/mol. The minimum atomic E-state index is -3.64. The van der Waals surface area contributed by atoms with E-state index in [1.54, 1.807) is 0 Å². The van der Waals surface area contributed by atoms with E-state index in [-0.39, 0.29) is 16.6 Å². The summed E-state index contributed by atoms with van der Waals surface area (Å²) in [6, 6.07) is 5.48. The van der Waals surface area contributed by atoms with Gasteiger partial charge in [0.25, 0.3) is 5.69 Å². The molecule has 1 heterocycles. The number of nitrogens with zero attached hydrogens (tertiary/aromatic N) is 2. The van der Waals surface area contributed by atoms with Gasteiger partial charge in [0.05, 0.1) is 9.82 Å². The Balaban J connectivity index is 1.56. The van der Waals surface area contributed by atoms with Gasteiger partial charge in [-0.3, -0.25) is 15.0 Å². The Morgan fingerprint density at radius 2 is 1.68 bits per heavy atom. The van der Waals surface area contributed by atoms with Crippen molar-refractivity contribution in [1.29, 1.82) is 0 Å². The van der Waals surface area contributed by atoms with Gasteiger partial charge >= 0.3 is 0 Å².